The van der Waals surface area contributed by atoms with E-state index < -0.39 is 0 Å². The van der Waals surface area contributed by atoms with Gasteiger partial charge in [0.05, 0.1) is 11.7 Å². The molecule has 0 unspecified atom stereocenters. The van der Waals surface area contributed by atoms with E-state index in [9.17, 15) is 0 Å². The van der Waals surface area contributed by atoms with Gasteiger partial charge in [0.25, 0.3) is 0 Å². The van der Waals surface area contributed by atoms with Crippen LogP contribution in [0.1, 0.15) is 35.8 Å². The Kier molecular flexibility index (Phi) is 3.41. The van der Waals surface area contributed by atoms with Crippen molar-refractivity contribution in [1.82, 2.24) is 9.88 Å². The molecule has 0 aliphatic carbocycles. The fraction of sp³-hybridized carbons (Fsp3) is 0.333. The van der Waals surface area contributed by atoms with E-state index in [1.54, 1.807) is 0 Å². The first kappa shape index (κ1) is 13.8. The van der Waals surface area contributed by atoms with E-state index in [2.05, 4.69) is 54.1 Å². The SMILES string of the molecule is Cc1ccc([C@H]2[C@H](c3ccccn3)N=C3S[C@@H](C)CN32)cc1. The van der Waals surface area contributed by atoms with Crippen molar-refractivity contribution >= 4 is 16.9 Å². The summed E-state index contributed by atoms with van der Waals surface area (Å²) >= 11 is 1.88. The van der Waals surface area contributed by atoms with Crippen molar-refractivity contribution in [3.05, 3.63) is 65.5 Å². The number of hydrogen-bond acceptors (Lipinski definition) is 4. The number of aromatic nitrogens is 1. The van der Waals surface area contributed by atoms with Crippen molar-refractivity contribution in [3.63, 3.8) is 0 Å². The number of aryl methyl sites for hydroxylation is 1. The van der Waals surface area contributed by atoms with Crippen LogP contribution in [0.2, 0.25) is 0 Å². The molecule has 3 heterocycles. The summed E-state index contributed by atoms with van der Waals surface area (Å²) < 4.78 is 0. The predicted octanol–water partition coefficient (Wildman–Crippen LogP) is 3.98. The van der Waals surface area contributed by atoms with Crippen LogP contribution in [0.5, 0.6) is 0 Å². The second-order valence-corrected chi connectivity index (χ2v) is 7.45. The van der Waals surface area contributed by atoms with Crippen molar-refractivity contribution in [1.29, 1.82) is 0 Å². The Morgan fingerprint density at radius 1 is 1.14 bits per heavy atom. The number of thioether (sulfide) groups is 1. The highest BCUT2D eigenvalue weighted by molar-refractivity contribution is 8.14. The standard InChI is InChI=1S/C18H19N3S/c1-12-6-8-14(9-7-12)17-16(15-5-3-4-10-19-15)20-18-21(17)11-13(2)22-18/h3-10,13,16-17H,11H2,1-2H3/t13-,16-,17-/m0/s1. The van der Waals surface area contributed by atoms with Crippen LogP contribution in [-0.2, 0) is 0 Å². The second-order valence-electron chi connectivity index (χ2n) is 6.05. The first-order valence-electron chi connectivity index (χ1n) is 7.71. The molecule has 1 saturated heterocycles. The lowest BCUT2D eigenvalue weighted by atomic mass is 9.96. The van der Waals surface area contributed by atoms with Crippen molar-refractivity contribution < 1.29 is 0 Å². The summed E-state index contributed by atoms with van der Waals surface area (Å²) in [5, 5.41) is 1.78. The summed E-state index contributed by atoms with van der Waals surface area (Å²) in [7, 11) is 0. The number of hydrogen-bond donors (Lipinski definition) is 0. The Hall–Kier alpha value is -1.81. The van der Waals surface area contributed by atoms with Gasteiger partial charge in [0.1, 0.15) is 6.04 Å². The average molecular weight is 309 g/mol. The normalized spacial score (nSPS) is 26.9. The van der Waals surface area contributed by atoms with Crippen LogP contribution in [0.15, 0.2) is 53.7 Å². The van der Waals surface area contributed by atoms with E-state index in [0.29, 0.717) is 5.25 Å². The third-order valence-corrected chi connectivity index (χ3v) is 5.40. The lowest BCUT2D eigenvalue weighted by molar-refractivity contribution is 0.321. The van der Waals surface area contributed by atoms with Gasteiger partial charge in [0.15, 0.2) is 5.17 Å². The van der Waals surface area contributed by atoms with Gasteiger partial charge in [-0.05, 0) is 24.6 Å². The quantitative estimate of drug-likeness (QED) is 0.840. The Balaban J connectivity index is 1.76. The van der Waals surface area contributed by atoms with Crippen LogP contribution >= 0.6 is 11.8 Å². The maximum atomic E-state index is 4.99. The highest BCUT2D eigenvalue weighted by atomic mass is 32.2. The molecule has 0 saturated carbocycles. The van der Waals surface area contributed by atoms with Crippen molar-refractivity contribution in [2.45, 2.75) is 31.2 Å². The lowest BCUT2D eigenvalue weighted by Gasteiger charge is -2.27. The van der Waals surface area contributed by atoms with E-state index in [1.807, 2.05) is 30.1 Å². The van der Waals surface area contributed by atoms with Crippen molar-refractivity contribution in [2.24, 2.45) is 4.99 Å². The third kappa shape index (κ3) is 2.31. The molecule has 0 bridgehead atoms. The largest absolute Gasteiger partial charge is 0.341 e. The van der Waals surface area contributed by atoms with Crippen LogP contribution in [0.25, 0.3) is 0 Å². The van der Waals surface area contributed by atoms with Gasteiger partial charge < -0.3 is 4.90 Å². The molecule has 1 aromatic heterocycles. The minimum Gasteiger partial charge on any atom is -0.341 e. The molecule has 4 heteroatoms. The summed E-state index contributed by atoms with van der Waals surface area (Å²) in [6, 6.07) is 15.3. The molecule has 0 amide bonds. The molecule has 0 radical (unpaired) electrons. The number of benzene rings is 1. The van der Waals surface area contributed by atoms with E-state index in [0.717, 1.165) is 12.2 Å². The highest BCUT2D eigenvalue weighted by Gasteiger charge is 2.43. The molecule has 0 spiro atoms. The van der Waals surface area contributed by atoms with Gasteiger partial charge in [-0.25, -0.2) is 0 Å². The lowest BCUT2D eigenvalue weighted by Crippen LogP contribution is -2.28. The molecule has 2 aromatic rings. The summed E-state index contributed by atoms with van der Waals surface area (Å²) in [6.45, 7) is 5.46. The van der Waals surface area contributed by atoms with Crippen LogP contribution in [-0.4, -0.2) is 26.8 Å². The first-order valence-corrected chi connectivity index (χ1v) is 8.59. The van der Waals surface area contributed by atoms with Crippen molar-refractivity contribution in [3.8, 4) is 0 Å². The Bertz CT molecular complexity index is 696. The summed E-state index contributed by atoms with van der Waals surface area (Å²) in [4.78, 5) is 12.0. The third-order valence-electron chi connectivity index (χ3n) is 4.30. The van der Waals surface area contributed by atoms with Crippen molar-refractivity contribution in [2.75, 3.05) is 6.54 Å². The van der Waals surface area contributed by atoms with E-state index in [4.69, 9.17) is 4.99 Å². The second kappa shape index (κ2) is 5.43. The molecule has 2 aliphatic heterocycles. The summed E-state index contributed by atoms with van der Waals surface area (Å²) in [5.41, 5.74) is 3.68. The molecule has 112 valence electrons. The Morgan fingerprint density at radius 3 is 2.68 bits per heavy atom. The van der Waals surface area contributed by atoms with Gasteiger partial charge in [0, 0.05) is 18.0 Å². The minimum atomic E-state index is 0.0962. The number of fused-ring (bicyclic) bond motifs is 1. The highest BCUT2D eigenvalue weighted by Crippen LogP contribution is 2.47. The monoisotopic (exact) mass is 309 g/mol. The number of pyridine rings is 1. The zero-order valence-electron chi connectivity index (χ0n) is 12.8. The van der Waals surface area contributed by atoms with Gasteiger partial charge in [-0.15, -0.1) is 0 Å². The molecular weight excluding hydrogens is 290 g/mol. The predicted molar refractivity (Wildman–Crippen MR) is 92.1 cm³/mol. The maximum absolute atomic E-state index is 4.99. The van der Waals surface area contributed by atoms with Gasteiger partial charge in [0.2, 0.25) is 0 Å². The fourth-order valence-electron chi connectivity index (χ4n) is 3.24. The smallest absolute Gasteiger partial charge is 0.160 e. The fourth-order valence-corrected chi connectivity index (χ4v) is 4.33. The van der Waals surface area contributed by atoms with Crippen LogP contribution in [0.4, 0.5) is 0 Å². The summed E-state index contributed by atoms with van der Waals surface area (Å²) in [6.07, 6.45) is 1.86. The average Bonchev–Trinajstić information content (AvgIpc) is 3.05. The molecule has 1 aromatic carbocycles. The number of nitrogens with zero attached hydrogens (tertiary/aromatic N) is 3. The molecule has 1 fully saturated rings. The molecule has 3 nitrogen and oxygen atoms in total. The minimum absolute atomic E-state index is 0.0962. The van der Waals surface area contributed by atoms with Crippen LogP contribution in [0.3, 0.4) is 0 Å². The number of amidine groups is 1. The zero-order valence-corrected chi connectivity index (χ0v) is 13.6. The Labute approximate surface area is 135 Å². The Morgan fingerprint density at radius 2 is 1.95 bits per heavy atom. The van der Waals surface area contributed by atoms with Gasteiger partial charge in [-0.3, -0.25) is 9.98 Å². The van der Waals surface area contributed by atoms with Gasteiger partial charge in [-0.2, -0.15) is 0 Å². The van der Waals surface area contributed by atoms with E-state index in [-0.39, 0.29) is 12.1 Å². The number of rotatable bonds is 2. The molecule has 3 atom stereocenters. The molecule has 2 aliphatic rings. The molecule has 22 heavy (non-hydrogen) atoms. The number of aliphatic imine (C=N–C) groups is 1. The van der Waals surface area contributed by atoms with Gasteiger partial charge >= 0.3 is 0 Å². The molecule has 4 rings (SSSR count). The van der Waals surface area contributed by atoms with Crippen LogP contribution in [0, 0.1) is 6.92 Å². The molecular formula is C18H19N3S. The van der Waals surface area contributed by atoms with Crippen LogP contribution < -0.4 is 0 Å². The van der Waals surface area contributed by atoms with E-state index >= 15 is 0 Å². The first-order chi connectivity index (χ1) is 10.7. The molecule has 0 N–H and O–H groups in total. The maximum Gasteiger partial charge on any atom is 0.160 e. The topological polar surface area (TPSA) is 28.5 Å². The van der Waals surface area contributed by atoms with Gasteiger partial charge in [-0.1, -0.05) is 54.6 Å². The zero-order chi connectivity index (χ0) is 15.1. The summed E-state index contributed by atoms with van der Waals surface area (Å²) in [5.74, 6) is 0. The van der Waals surface area contributed by atoms with E-state index in [1.165, 1.54) is 16.3 Å².